The highest BCUT2D eigenvalue weighted by Crippen LogP contribution is 2.23. The minimum Gasteiger partial charge on any atom is -0.337 e. The Balaban J connectivity index is 2.18. The third kappa shape index (κ3) is 2.69. The smallest absolute Gasteiger partial charge is 0.256 e. The van der Waals surface area contributed by atoms with E-state index in [1.54, 1.807) is 30.0 Å². The van der Waals surface area contributed by atoms with Crippen molar-refractivity contribution >= 4 is 17.7 Å². The van der Waals surface area contributed by atoms with Crippen LogP contribution in [0.1, 0.15) is 29.3 Å². The number of hydrogen-bond acceptors (Lipinski definition) is 2. The van der Waals surface area contributed by atoms with E-state index < -0.39 is 0 Å². The second kappa shape index (κ2) is 5.74. The maximum Gasteiger partial charge on any atom is 0.256 e. The van der Waals surface area contributed by atoms with Gasteiger partial charge in [-0.15, -0.1) is 0 Å². The van der Waals surface area contributed by atoms with Crippen LogP contribution >= 0.6 is 11.8 Å². The predicted octanol–water partition coefficient (Wildman–Crippen LogP) is 3.10. The van der Waals surface area contributed by atoms with Gasteiger partial charge in [-0.05, 0) is 25.0 Å². The van der Waals surface area contributed by atoms with E-state index in [0.717, 1.165) is 18.7 Å². The SMILES string of the molecule is CCC1CN(C(=O)c2cccc(C)c2F)CCS1. The highest BCUT2D eigenvalue weighted by atomic mass is 32.2. The van der Waals surface area contributed by atoms with Crippen molar-refractivity contribution in [3.8, 4) is 0 Å². The van der Waals surface area contributed by atoms with Crippen LogP contribution in [0.15, 0.2) is 18.2 Å². The number of rotatable bonds is 2. The van der Waals surface area contributed by atoms with E-state index in [2.05, 4.69) is 6.92 Å². The summed E-state index contributed by atoms with van der Waals surface area (Å²) in [5, 5.41) is 0.482. The predicted molar refractivity (Wildman–Crippen MR) is 73.6 cm³/mol. The zero-order valence-corrected chi connectivity index (χ0v) is 11.6. The average molecular weight is 267 g/mol. The van der Waals surface area contributed by atoms with Crippen molar-refractivity contribution in [2.24, 2.45) is 0 Å². The van der Waals surface area contributed by atoms with Crippen molar-refractivity contribution in [1.82, 2.24) is 4.90 Å². The normalized spacial score (nSPS) is 19.9. The monoisotopic (exact) mass is 267 g/mol. The summed E-state index contributed by atoms with van der Waals surface area (Å²) in [5.74, 6) is 0.390. The van der Waals surface area contributed by atoms with Gasteiger partial charge < -0.3 is 4.90 Å². The highest BCUT2D eigenvalue weighted by Gasteiger charge is 2.25. The summed E-state index contributed by atoms with van der Waals surface area (Å²) in [6.45, 7) is 5.26. The molecule has 1 heterocycles. The first kappa shape index (κ1) is 13.4. The first-order valence-corrected chi connectivity index (χ1v) is 7.34. The van der Waals surface area contributed by atoms with Crippen molar-refractivity contribution in [1.29, 1.82) is 0 Å². The zero-order valence-electron chi connectivity index (χ0n) is 10.8. The van der Waals surface area contributed by atoms with Gasteiger partial charge in [0.1, 0.15) is 5.82 Å². The second-order valence-electron chi connectivity index (χ2n) is 4.59. The van der Waals surface area contributed by atoms with Crippen LogP contribution in [0, 0.1) is 12.7 Å². The summed E-state index contributed by atoms with van der Waals surface area (Å²) >= 11 is 1.90. The summed E-state index contributed by atoms with van der Waals surface area (Å²) in [6, 6.07) is 5.00. The number of amides is 1. The molecule has 4 heteroatoms. The molecule has 1 aliphatic rings. The molecule has 1 aromatic carbocycles. The maximum absolute atomic E-state index is 13.9. The van der Waals surface area contributed by atoms with E-state index in [1.165, 1.54) is 0 Å². The Morgan fingerprint density at radius 2 is 2.33 bits per heavy atom. The fourth-order valence-corrected chi connectivity index (χ4v) is 3.31. The van der Waals surface area contributed by atoms with Crippen LogP contribution in [0.25, 0.3) is 0 Å². The first-order valence-electron chi connectivity index (χ1n) is 6.29. The Hall–Kier alpha value is -1.03. The molecule has 1 amide bonds. The maximum atomic E-state index is 13.9. The molecule has 0 bridgehead atoms. The molecule has 0 saturated carbocycles. The van der Waals surface area contributed by atoms with E-state index in [0.29, 0.717) is 17.4 Å². The molecule has 1 fully saturated rings. The minimum absolute atomic E-state index is 0.171. The van der Waals surface area contributed by atoms with Crippen LogP contribution in [0.2, 0.25) is 0 Å². The summed E-state index contributed by atoms with van der Waals surface area (Å²) in [5.41, 5.74) is 0.732. The molecule has 1 saturated heterocycles. The minimum atomic E-state index is -0.381. The van der Waals surface area contributed by atoms with E-state index in [-0.39, 0.29) is 17.3 Å². The fourth-order valence-electron chi connectivity index (χ4n) is 2.13. The van der Waals surface area contributed by atoms with Crippen molar-refractivity contribution < 1.29 is 9.18 Å². The topological polar surface area (TPSA) is 20.3 Å². The van der Waals surface area contributed by atoms with Gasteiger partial charge in [-0.3, -0.25) is 4.79 Å². The lowest BCUT2D eigenvalue weighted by Gasteiger charge is -2.32. The van der Waals surface area contributed by atoms with Gasteiger partial charge in [-0.2, -0.15) is 11.8 Å². The number of hydrogen-bond donors (Lipinski definition) is 0. The number of nitrogens with zero attached hydrogens (tertiary/aromatic N) is 1. The molecule has 98 valence electrons. The first-order chi connectivity index (χ1) is 8.63. The molecule has 0 aliphatic carbocycles. The van der Waals surface area contributed by atoms with Crippen LogP contribution in [-0.4, -0.2) is 34.9 Å². The number of carbonyl (C=O) groups is 1. The van der Waals surface area contributed by atoms with Crippen LogP contribution in [0.3, 0.4) is 0 Å². The van der Waals surface area contributed by atoms with E-state index in [9.17, 15) is 9.18 Å². The molecule has 1 aliphatic heterocycles. The van der Waals surface area contributed by atoms with Gasteiger partial charge in [0.2, 0.25) is 0 Å². The van der Waals surface area contributed by atoms with Crippen molar-refractivity contribution in [3.63, 3.8) is 0 Å². The third-order valence-corrected chi connectivity index (χ3v) is 4.68. The Morgan fingerprint density at radius 3 is 3.06 bits per heavy atom. The number of aryl methyl sites for hydroxylation is 1. The number of halogens is 1. The zero-order chi connectivity index (χ0) is 13.1. The number of carbonyl (C=O) groups excluding carboxylic acids is 1. The lowest BCUT2D eigenvalue weighted by molar-refractivity contribution is 0.0756. The Labute approximate surface area is 112 Å². The van der Waals surface area contributed by atoms with Crippen LogP contribution in [0.4, 0.5) is 4.39 Å². The lowest BCUT2D eigenvalue weighted by Crippen LogP contribution is -2.42. The van der Waals surface area contributed by atoms with Gasteiger partial charge in [0.15, 0.2) is 0 Å². The standard InChI is InChI=1S/C14H18FNOS/c1-3-11-9-16(7-8-18-11)14(17)12-6-4-5-10(2)13(12)15/h4-6,11H,3,7-9H2,1-2H3. The molecule has 1 aromatic rings. The summed E-state index contributed by atoms with van der Waals surface area (Å²) in [7, 11) is 0. The summed E-state index contributed by atoms with van der Waals surface area (Å²) in [6.07, 6.45) is 1.05. The second-order valence-corrected chi connectivity index (χ2v) is 6.00. The van der Waals surface area contributed by atoms with Gasteiger partial charge in [-0.1, -0.05) is 19.1 Å². The van der Waals surface area contributed by atoms with Crippen molar-refractivity contribution in [2.75, 3.05) is 18.8 Å². The molecular weight excluding hydrogens is 249 g/mol. The Morgan fingerprint density at radius 1 is 1.56 bits per heavy atom. The molecule has 0 radical (unpaired) electrons. The molecule has 0 spiro atoms. The van der Waals surface area contributed by atoms with E-state index in [4.69, 9.17) is 0 Å². The van der Waals surface area contributed by atoms with Crippen LogP contribution in [-0.2, 0) is 0 Å². The Bertz CT molecular complexity index is 449. The fraction of sp³-hybridized carbons (Fsp3) is 0.500. The average Bonchev–Trinajstić information content (AvgIpc) is 2.41. The van der Waals surface area contributed by atoms with E-state index in [1.807, 2.05) is 11.8 Å². The van der Waals surface area contributed by atoms with Crippen LogP contribution in [0.5, 0.6) is 0 Å². The van der Waals surface area contributed by atoms with Gasteiger partial charge >= 0.3 is 0 Å². The largest absolute Gasteiger partial charge is 0.337 e. The lowest BCUT2D eigenvalue weighted by atomic mass is 10.1. The third-order valence-electron chi connectivity index (χ3n) is 3.30. The van der Waals surface area contributed by atoms with Gasteiger partial charge in [0.25, 0.3) is 5.91 Å². The molecule has 0 aromatic heterocycles. The van der Waals surface area contributed by atoms with Gasteiger partial charge in [0.05, 0.1) is 5.56 Å². The van der Waals surface area contributed by atoms with Crippen molar-refractivity contribution in [3.05, 3.63) is 35.1 Å². The molecular formula is C14H18FNOS. The molecule has 2 nitrogen and oxygen atoms in total. The summed E-state index contributed by atoms with van der Waals surface area (Å²) in [4.78, 5) is 14.1. The quantitative estimate of drug-likeness (QED) is 0.820. The molecule has 0 N–H and O–H groups in total. The Kier molecular flexibility index (Phi) is 4.27. The highest BCUT2D eigenvalue weighted by molar-refractivity contribution is 8.00. The van der Waals surface area contributed by atoms with Gasteiger partial charge in [0, 0.05) is 24.1 Å². The molecule has 18 heavy (non-hydrogen) atoms. The summed E-state index contributed by atoms with van der Waals surface area (Å²) < 4.78 is 13.9. The molecule has 1 atom stereocenters. The van der Waals surface area contributed by atoms with Crippen LogP contribution < -0.4 is 0 Å². The number of thioether (sulfide) groups is 1. The van der Waals surface area contributed by atoms with Crippen molar-refractivity contribution in [2.45, 2.75) is 25.5 Å². The molecule has 1 unspecified atom stereocenters. The van der Waals surface area contributed by atoms with E-state index >= 15 is 0 Å². The number of benzene rings is 1. The molecule has 2 rings (SSSR count). The van der Waals surface area contributed by atoms with Gasteiger partial charge in [-0.25, -0.2) is 4.39 Å².